The van der Waals surface area contributed by atoms with Gasteiger partial charge in [0.2, 0.25) is 0 Å². The lowest BCUT2D eigenvalue weighted by Crippen LogP contribution is -2.49. The van der Waals surface area contributed by atoms with Crippen LogP contribution in [0.4, 0.5) is 8.78 Å². The Morgan fingerprint density at radius 3 is 1.41 bits per heavy atom. The van der Waals surface area contributed by atoms with Gasteiger partial charge in [-0.3, -0.25) is 9.59 Å². The summed E-state index contributed by atoms with van der Waals surface area (Å²) in [6, 6.07) is 0. The van der Waals surface area contributed by atoms with Crippen molar-refractivity contribution in [2.24, 2.45) is 34.5 Å². The van der Waals surface area contributed by atoms with Gasteiger partial charge in [-0.25, -0.2) is 8.78 Å². The van der Waals surface area contributed by atoms with E-state index in [-0.39, 0.29) is 11.8 Å². The van der Waals surface area contributed by atoms with Crippen molar-refractivity contribution < 1.29 is 23.1 Å². The summed E-state index contributed by atoms with van der Waals surface area (Å²) in [5.74, 6) is -0.491. The summed E-state index contributed by atoms with van der Waals surface area (Å²) >= 11 is 0. The lowest BCUT2D eigenvalue weighted by atomic mass is 9.67. The van der Waals surface area contributed by atoms with Gasteiger partial charge in [0.25, 0.3) is 0 Å². The molecule has 0 aliphatic heterocycles. The number of carbonyl (C=O) groups excluding carboxylic acids is 2. The fraction of sp³-hybridized carbons (Fsp3) is 0.909. The molecule has 0 N–H and O–H groups in total. The largest absolute Gasteiger partial charge is 0.392 e. The van der Waals surface area contributed by atoms with E-state index in [1.807, 2.05) is 0 Å². The molecule has 0 saturated heterocycles. The zero-order chi connectivity index (χ0) is 20.6. The molecule has 0 radical (unpaired) electrons. The standard InChI is InChI=1S/C22H36F2O3/c1-13(2)15-7-9-21(5,17(23)11-15)19(25)27-20(26)22(6)10-8-16(14(3)4)12-18(22)24/h13-18H,7-12H2,1-6H3. The summed E-state index contributed by atoms with van der Waals surface area (Å²) in [5, 5.41) is 0. The smallest absolute Gasteiger partial charge is 0.322 e. The number of hydrogen-bond acceptors (Lipinski definition) is 3. The Bertz CT molecular complexity index is 514. The second kappa shape index (κ2) is 8.16. The molecule has 0 bridgehead atoms. The molecule has 2 aliphatic carbocycles. The van der Waals surface area contributed by atoms with E-state index in [2.05, 4.69) is 27.7 Å². The maximum atomic E-state index is 14.8. The molecule has 3 nitrogen and oxygen atoms in total. The van der Waals surface area contributed by atoms with Gasteiger partial charge in [0, 0.05) is 0 Å². The molecule has 6 unspecified atom stereocenters. The maximum Gasteiger partial charge on any atom is 0.322 e. The molecule has 0 spiro atoms. The Kier molecular flexibility index (Phi) is 6.74. The number of carbonyl (C=O) groups is 2. The number of rotatable bonds is 4. The third kappa shape index (κ3) is 4.37. The topological polar surface area (TPSA) is 43.4 Å². The van der Waals surface area contributed by atoms with E-state index >= 15 is 0 Å². The molecule has 2 saturated carbocycles. The van der Waals surface area contributed by atoms with E-state index in [9.17, 15) is 18.4 Å². The highest BCUT2D eigenvalue weighted by molar-refractivity contribution is 5.92. The van der Waals surface area contributed by atoms with Gasteiger partial charge in [0.15, 0.2) is 0 Å². The molecular weight excluding hydrogens is 350 g/mol. The van der Waals surface area contributed by atoms with Crippen LogP contribution in [0.1, 0.15) is 80.1 Å². The van der Waals surface area contributed by atoms with Crippen LogP contribution in [0, 0.1) is 34.5 Å². The molecule has 27 heavy (non-hydrogen) atoms. The number of alkyl halides is 2. The van der Waals surface area contributed by atoms with E-state index < -0.39 is 35.1 Å². The third-order valence-corrected chi connectivity index (χ3v) is 7.47. The van der Waals surface area contributed by atoms with Gasteiger partial charge >= 0.3 is 11.9 Å². The molecule has 6 atom stereocenters. The molecule has 2 aliphatic rings. The van der Waals surface area contributed by atoms with Crippen LogP contribution < -0.4 is 0 Å². The van der Waals surface area contributed by atoms with Crippen LogP contribution >= 0.6 is 0 Å². The van der Waals surface area contributed by atoms with Gasteiger partial charge in [-0.15, -0.1) is 0 Å². The monoisotopic (exact) mass is 386 g/mol. The molecule has 0 heterocycles. The average Bonchev–Trinajstić information content (AvgIpc) is 2.59. The van der Waals surface area contributed by atoms with Crippen LogP contribution in [0.25, 0.3) is 0 Å². The predicted octanol–water partition coefficient (Wildman–Crippen LogP) is 5.66. The van der Waals surface area contributed by atoms with Crippen LogP contribution in [0.5, 0.6) is 0 Å². The second-order valence-electron chi connectivity index (χ2n) is 10.0. The van der Waals surface area contributed by atoms with Crippen molar-refractivity contribution in [3.8, 4) is 0 Å². The first kappa shape index (κ1) is 22.3. The zero-order valence-electron chi connectivity index (χ0n) is 17.7. The Labute approximate surface area is 162 Å². The van der Waals surface area contributed by atoms with Gasteiger partial charge in [0.05, 0.1) is 10.8 Å². The summed E-state index contributed by atoms with van der Waals surface area (Å²) in [4.78, 5) is 25.4. The summed E-state index contributed by atoms with van der Waals surface area (Å²) in [6.45, 7) is 11.3. The third-order valence-electron chi connectivity index (χ3n) is 7.47. The lowest BCUT2D eigenvalue weighted by molar-refractivity contribution is -0.182. The molecular formula is C22H36F2O3. The summed E-state index contributed by atoms with van der Waals surface area (Å²) in [5.41, 5.74) is -2.64. The van der Waals surface area contributed by atoms with Gasteiger partial charge < -0.3 is 4.74 Å². The number of halogens is 2. The Balaban J connectivity index is 2.03. The number of hydrogen-bond donors (Lipinski definition) is 0. The predicted molar refractivity (Wildman–Crippen MR) is 101 cm³/mol. The van der Waals surface area contributed by atoms with E-state index in [1.54, 1.807) is 0 Å². The first-order valence-corrected chi connectivity index (χ1v) is 10.5. The first-order chi connectivity index (χ1) is 12.4. The van der Waals surface area contributed by atoms with Crippen molar-refractivity contribution in [2.75, 3.05) is 0 Å². The lowest BCUT2D eigenvalue weighted by Gasteiger charge is -2.41. The fourth-order valence-electron chi connectivity index (χ4n) is 4.56. The van der Waals surface area contributed by atoms with Crippen molar-refractivity contribution in [3.63, 3.8) is 0 Å². The van der Waals surface area contributed by atoms with Crippen LogP contribution in [0.3, 0.4) is 0 Å². The van der Waals surface area contributed by atoms with Crippen LogP contribution in [-0.4, -0.2) is 24.3 Å². The number of ether oxygens (including phenoxy) is 1. The highest BCUT2D eigenvalue weighted by Crippen LogP contribution is 2.47. The summed E-state index contributed by atoms with van der Waals surface area (Å²) < 4.78 is 34.7. The molecule has 0 aromatic rings. The van der Waals surface area contributed by atoms with Crippen molar-refractivity contribution >= 4 is 11.9 Å². The van der Waals surface area contributed by atoms with E-state index in [1.165, 1.54) is 13.8 Å². The second-order valence-corrected chi connectivity index (χ2v) is 10.0. The normalized spacial score (nSPS) is 40.2. The molecule has 0 amide bonds. The van der Waals surface area contributed by atoms with E-state index in [0.29, 0.717) is 37.5 Å². The summed E-state index contributed by atoms with van der Waals surface area (Å²) in [7, 11) is 0. The Morgan fingerprint density at radius 2 is 1.15 bits per heavy atom. The van der Waals surface area contributed by atoms with Gasteiger partial charge in [-0.2, -0.15) is 0 Å². The quantitative estimate of drug-likeness (QED) is 0.463. The van der Waals surface area contributed by atoms with Crippen LogP contribution in [0.15, 0.2) is 0 Å². The average molecular weight is 387 g/mol. The summed E-state index contributed by atoms with van der Waals surface area (Å²) in [6.07, 6.45) is 0.0954. The van der Waals surface area contributed by atoms with Gasteiger partial charge in [0.1, 0.15) is 12.3 Å². The molecule has 2 rings (SSSR count). The minimum atomic E-state index is -1.34. The highest BCUT2D eigenvalue weighted by atomic mass is 19.1. The van der Waals surface area contributed by atoms with Crippen molar-refractivity contribution in [1.29, 1.82) is 0 Å². The minimum Gasteiger partial charge on any atom is -0.392 e. The Morgan fingerprint density at radius 1 is 0.815 bits per heavy atom. The highest BCUT2D eigenvalue weighted by Gasteiger charge is 2.52. The van der Waals surface area contributed by atoms with Crippen molar-refractivity contribution in [1.82, 2.24) is 0 Å². The van der Waals surface area contributed by atoms with E-state index in [0.717, 1.165) is 12.8 Å². The van der Waals surface area contributed by atoms with Crippen LogP contribution in [-0.2, 0) is 14.3 Å². The fourth-order valence-corrected chi connectivity index (χ4v) is 4.56. The van der Waals surface area contributed by atoms with E-state index in [4.69, 9.17) is 4.74 Å². The number of esters is 2. The van der Waals surface area contributed by atoms with Gasteiger partial charge in [-0.05, 0) is 76.0 Å². The molecule has 0 aromatic heterocycles. The van der Waals surface area contributed by atoms with Crippen molar-refractivity contribution in [2.45, 2.75) is 92.4 Å². The molecule has 156 valence electrons. The minimum absolute atomic E-state index is 0.232. The first-order valence-electron chi connectivity index (χ1n) is 10.5. The molecule has 2 fully saturated rings. The SMILES string of the molecule is CC(C)C1CCC(C)(C(=O)OC(=O)C2(C)CCC(C(C)C)CC2F)C(F)C1. The molecule has 0 aromatic carbocycles. The van der Waals surface area contributed by atoms with Crippen LogP contribution in [0.2, 0.25) is 0 Å². The molecule has 5 heteroatoms. The zero-order valence-corrected chi connectivity index (χ0v) is 17.7. The Hall–Kier alpha value is -1.00. The van der Waals surface area contributed by atoms with Crippen molar-refractivity contribution in [3.05, 3.63) is 0 Å². The maximum absolute atomic E-state index is 14.8. The van der Waals surface area contributed by atoms with Gasteiger partial charge in [-0.1, -0.05) is 27.7 Å².